The van der Waals surface area contributed by atoms with Crippen molar-refractivity contribution in [3.05, 3.63) is 35.5 Å². The Hall–Kier alpha value is -2.41. The van der Waals surface area contributed by atoms with Crippen LogP contribution in [0.2, 0.25) is 0 Å². The second kappa shape index (κ2) is 4.36. The van der Waals surface area contributed by atoms with Gasteiger partial charge in [-0.3, -0.25) is 0 Å². The third-order valence-electron chi connectivity index (χ3n) is 2.59. The summed E-state index contributed by atoms with van der Waals surface area (Å²) in [7, 11) is 1.60. The van der Waals surface area contributed by atoms with E-state index in [-0.39, 0.29) is 5.01 Å². The quantitative estimate of drug-likeness (QED) is 0.792. The third kappa shape index (κ3) is 2.04. The van der Waals surface area contributed by atoms with Gasteiger partial charge in [0.1, 0.15) is 5.75 Å². The highest BCUT2D eigenvalue weighted by Crippen LogP contribution is 2.25. The Morgan fingerprint density at radius 3 is 3.00 bits per heavy atom. The maximum atomic E-state index is 10.8. The monoisotopic (exact) mass is 275 g/mol. The van der Waals surface area contributed by atoms with Crippen molar-refractivity contribution in [1.29, 1.82) is 0 Å². The second-order valence-corrected chi connectivity index (χ2v) is 4.75. The third-order valence-corrected chi connectivity index (χ3v) is 3.50. The highest BCUT2D eigenvalue weighted by atomic mass is 32.1. The smallest absolute Gasteiger partial charge is 0.367 e. The summed E-state index contributed by atoms with van der Waals surface area (Å²) in [6, 6.07) is 7.50. The molecule has 1 N–H and O–H groups in total. The van der Waals surface area contributed by atoms with E-state index in [1.807, 2.05) is 24.3 Å². The number of benzene rings is 1. The lowest BCUT2D eigenvalue weighted by Crippen LogP contribution is -1.95. The Labute approximate surface area is 111 Å². The number of aromatic carboxylic acids is 1. The van der Waals surface area contributed by atoms with Crippen LogP contribution in [0.1, 0.15) is 9.80 Å². The van der Waals surface area contributed by atoms with Gasteiger partial charge >= 0.3 is 5.97 Å². The van der Waals surface area contributed by atoms with Crippen LogP contribution in [-0.2, 0) is 0 Å². The molecule has 0 bridgehead atoms. The number of ether oxygens (including phenoxy) is 1. The van der Waals surface area contributed by atoms with Gasteiger partial charge in [0.05, 0.1) is 19.0 Å². The van der Waals surface area contributed by atoms with Gasteiger partial charge in [-0.25, -0.2) is 14.3 Å². The number of nitrogens with zero attached hydrogens (tertiary/aromatic N) is 3. The summed E-state index contributed by atoms with van der Waals surface area (Å²) in [6.45, 7) is 0. The molecule has 0 unspecified atom stereocenters. The lowest BCUT2D eigenvalue weighted by Gasteiger charge is -2.00. The molecule has 0 aliphatic carbocycles. The van der Waals surface area contributed by atoms with E-state index in [0.717, 1.165) is 28.3 Å². The van der Waals surface area contributed by atoms with Gasteiger partial charge in [-0.1, -0.05) is 23.5 Å². The second-order valence-electron chi connectivity index (χ2n) is 3.80. The Balaban J connectivity index is 2.05. The van der Waals surface area contributed by atoms with E-state index in [2.05, 4.69) is 10.1 Å². The van der Waals surface area contributed by atoms with Crippen LogP contribution in [0.25, 0.3) is 16.2 Å². The summed E-state index contributed by atoms with van der Waals surface area (Å²) in [5, 5.41) is 12.8. The molecule has 0 saturated carbocycles. The number of aromatic nitrogens is 3. The number of hydrogen-bond acceptors (Lipinski definition) is 5. The van der Waals surface area contributed by atoms with Crippen LogP contribution in [-0.4, -0.2) is 32.8 Å². The number of carboxylic acid groups (broad SMARTS) is 1. The Kier molecular flexibility index (Phi) is 2.68. The largest absolute Gasteiger partial charge is 0.497 e. The van der Waals surface area contributed by atoms with Crippen LogP contribution in [0.15, 0.2) is 30.5 Å². The normalized spacial score (nSPS) is 10.8. The molecule has 1 aromatic carbocycles. The van der Waals surface area contributed by atoms with Gasteiger partial charge in [0.25, 0.3) is 0 Å². The van der Waals surface area contributed by atoms with Crippen molar-refractivity contribution in [2.75, 3.05) is 7.11 Å². The van der Waals surface area contributed by atoms with E-state index in [0.29, 0.717) is 4.96 Å². The van der Waals surface area contributed by atoms with Crippen molar-refractivity contribution in [3.8, 4) is 17.0 Å². The highest BCUT2D eigenvalue weighted by Gasteiger charge is 2.14. The first-order chi connectivity index (χ1) is 9.17. The minimum atomic E-state index is -1.04. The van der Waals surface area contributed by atoms with Crippen LogP contribution < -0.4 is 4.74 Å². The van der Waals surface area contributed by atoms with Crippen molar-refractivity contribution in [2.45, 2.75) is 0 Å². The van der Waals surface area contributed by atoms with Gasteiger partial charge in [-0.15, -0.1) is 5.10 Å². The fraction of sp³-hybridized carbons (Fsp3) is 0.0833. The molecular formula is C12H9N3O3S. The van der Waals surface area contributed by atoms with Crippen LogP contribution in [0.4, 0.5) is 0 Å². The van der Waals surface area contributed by atoms with E-state index in [1.54, 1.807) is 13.3 Å². The maximum Gasteiger partial charge on any atom is 0.367 e. The summed E-state index contributed by atoms with van der Waals surface area (Å²) in [4.78, 5) is 15.7. The van der Waals surface area contributed by atoms with Crippen molar-refractivity contribution in [3.63, 3.8) is 0 Å². The Morgan fingerprint density at radius 1 is 1.47 bits per heavy atom. The number of rotatable bonds is 3. The minimum Gasteiger partial charge on any atom is -0.497 e. The molecule has 0 aliphatic heterocycles. The molecule has 7 heteroatoms. The molecule has 0 spiro atoms. The standard InChI is InChI=1S/C12H9N3O3S/c1-18-8-4-2-3-7(5-8)9-6-15-12(13-9)19-10(14-15)11(16)17/h2-6H,1H3,(H,16,17). The van der Waals surface area contributed by atoms with E-state index < -0.39 is 5.97 Å². The molecule has 0 atom stereocenters. The van der Waals surface area contributed by atoms with Crippen molar-refractivity contribution >= 4 is 22.3 Å². The molecule has 2 aromatic heterocycles. The van der Waals surface area contributed by atoms with E-state index in [9.17, 15) is 4.79 Å². The first-order valence-electron chi connectivity index (χ1n) is 5.41. The lowest BCUT2D eigenvalue weighted by molar-refractivity contribution is 0.0695. The molecule has 3 rings (SSSR count). The van der Waals surface area contributed by atoms with Gasteiger partial charge in [0.15, 0.2) is 0 Å². The zero-order valence-corrected chi connectivity index (χ0v) is 10.7. The zero-order chi connectivity index (χ0) is 13.4. The molecule has 19 heavy (non-hydrogen) atoms. The summed E-state index contributed by atoms with van der Waals surface area (Å²) in [5.41, 5.74) is 1.63. The molecule has 0 fully saturated rings. The van der Waals surface area contributed by atoms with Gasteiger partial charge in [0.2, 0.25) is 9.97 Å². The number of carboxylic acids is 1. The first kappa shape index (κ1) is 11.7. The van der Waals surface area contributed by atoms with E-state index >= 15 is 0 Å². The number of fused-ring (bicyclic) bond motifs is 1. The molecule has 0 amide bonds. The fourth-order valence-electron chi connectivity index (χ4n) is 1.71. The first-order valence-corrected chi connectivity index (χ1v) is 6.23. The topological polar surface area (TPSA) is 76.7 Å². The molecular weight excluding hydrogens is 266 g/mol. The van der Waals surface area contributed by atoms with Crippen LogP contribution >= 0.6 is 11.3 Å². The SMILES string of the molecule is COc1cccc(-c2cn3nc(C(=O)O)sc3n2)c1. The Morgan fingerprint density at radius 2 is 2.32 bits per heavy atom. The molecule has 2 heterocycles. The predicted molar refractivity (Wildman–Crippen MR) is 69.8 cm³/mol. The predicted octanol–water partition coefficient (Wildman–Crippen LogP) is 2.16. The fourth-order valence-corrected chi connectivity index (χ4v) is 2.43. The summed E-state index contributed by atoms with van der Waals surface area (Å²) < 4.78 is 6.63. The van der Waals surface area contributed by atoms with E-state index in [1.165, 1.54) is 4.52 Å². The van der Waals surface area contributed by atoms with Gasteiger partial charge in [-0.05, 0) is 12.1 Å². The summed E-state index contributed by atoms with van der Waals surface area (Å²) in [5.74, 6) is -0.300. The van der Waals surface area contributed by atoms with Crippen LogP contribution in [0, 0.1) is 0 Å². The highest BCUT2D eigenvalue weighted by molar-refractivity contribution is 7.18. The lowest BCUT2D eigenvalue weighted by atomic mass is 10.1. The van der Waals surface area contributed by atoms with E-state index in [4.69, 9.17) is 9.84 Å². The average Bonchev–Trinajstić information content (AvgIpc) is 2.96. The van der Waals surface area contributed by atoms with Crippen LogP contribution in [0.5, 0.6) is 5.75 Å². The zero-order valence-electron chi connectivity index (χ0n) is 9.90. The number of carbonyl (C=O) groups is 1. The van der Waals surface area contributed by atoms with Crippen molar-refractivity contribution in [2.24, 2.45) is 0 Å². The van der Waals surface area contributed by atoms with Crippen molar-refractivity contribution in [1.82, 2.24) is 14.6 Å². The molecule has 96 valence electrons. The summed E-state index contributed by atoms with van der Waals surface area (Å²) >= 11 is 1.04. The molecule has 3 aromatic rings. The molecule has 0 saturated heterocycles. The van der Waals surface area contributed by atoms with Crippen molar-refractivity contribution < 1.29 is 14.6 Å². The summed E-state index contributed by atoms with van der Waals surface area (Å²) in [6.07, 6.45) is 1.70. The number of imidazole rings is 1. The van der Waals surface area contributed by atoms with Gasteiger partial charge in [-0.2, -0.15) is 0 Å². The van der Waals surface area contributed by atoms with Gasteiger partial charge < -0.3 is 9.84 Å². The molecule has 0 radical (unpaired) electrons. The van der Waals surface area contributed by atoms with Gasteiger partial charge in [0, 0.05) is 5.56 Å². The molecule has 6 nitrogen and oxygen atoms in total. The maximum absolute atomic E-state index is 10.8. The number of methoxy groups -OCH3 is 1. The van der Waals surface area contributed by atoms with Crippen LogP contribution in [0.3, 0.4) is 0 Å². The Bertz CT molecular complexity index is 731. The minimum absolute atomic E-state index is 0.0275. The number of hydrogen-bond donors (Lipinski definition) is 1. The average molecular weight is 275 g/mol. The molecule has 0 aliphatic rings.